The molecule has 0 spiro atoms. The van der Waals surface area contributed by atoms with E-state index in [0.29, 0.717) is 0 Å². The lowest BCUT2D eigenvalue weighted by atomic mass is 9.93. The molecule has 0 saturated heterocycles. The second kappa shape index (κ2) is 13.4. The van der Waals surface area contributed by atoms with Gasteiger partial charge in [0.15, 0.2) is 0 Å². The van der Waals surface area contributed by atoms with Gasteiger partial charge < -0.3 is 4.90 Å². The van der Waals surface area contributed by atoms with E-state index in [-0.39, 0.29) is 0 Å². The zero-order chi connectivity index (χ0) is 37.0. The van der Waals surface area contributed by atoms with E-state index in [1.807, 2.05) is 11.3 Å². The van der Waals surface area contributed by atoms with Gasteiger partial charge in [-0.15, -0.1) is 11.3 Å². The number of anilines is 3. The van der Waals surface area contributed by atoms with Crippen molar-refractivity contribution < 1.29 is 0 Å². The molecular formula is C54H35NS. The summed E-state index contributed by atoms with van der Waals surface area (Å²) >= 11 is 1.90. The molecule has 0 unspecified atom stereocenters. The van der Waals surface area contributed by atoms with Crippen LogP contribution in [0.1, 0.15) is 0 Å². The molecule has 11 aromatic rings. The molecule has 0 bridgehead atoms. The molecule has 11 rings (SSSR count). The lowest BCUT2D eigenvalue weighted by Crippen LogP contribution is -2.11. The van der Waals surface area contributed by atoms with Crippen LogP contribution in [-0.2, 0) is 0 Å². The topological polar surface area (TPSA) is 3.24 Å². The summed E-state index contributed by atoms with van der Waals surface area (Å²) in [5.41, 5.74) is 10.8. The van der Waals surface area contributed by atoms with E-state index in [0.717, 1.165) is 17.1 Å². The van der Waals surface area contributed by atoms with Crippen LogP contribution in [-0.4, -0.2) is 0 Å². The van der Waals surface area contributed by atoms with Crippen LogP contribution in [0.15, 0.2) is 212 Å². The molecule has 0 aliphatic carbocycles. The maximum absolute atomic E-state index is 2.50. The Hall–Kier alpha value is -7.00. The van der Waals surface area contributed by atoms with Crippen molar-refractivity contribution in [2.75, 3.05) is 4.90 Å². The Morgan fingerprint density at radius 2 is 0.875 bits per heavy atom. The van der Waals surface area contributed by atoms with Gasteiger partial charge in [-0.25, -0.2) is 0 Å². The molecule has 0 N–H and O–H groups in total. The Bertz CT molecular complexity index is 3240. The number of benzene rings is 10. The summed E-state index contributed by atoms with van der Waals surface area (Å²) < 4.78 is 2.61. The fourth-order valence-electron chi connectivity index (χ4n) is 8.62. The molecule has 0 saturated carbocycles. The summed E-state index contributed by atoms with van der Waals surface area (Å²) in [5, 5.41) is 10.0. The average molecular weight is 730 g/mol. The van der Waals surface area contributed by atoms with Crippen molar-refractivity contribution in [2.24, 2.45) is 0 Å². The van der Waals surface area contributed by atoms with Crippen LogP contribution in [0.4, 0.5) is 17.1 Å². The number of rotatable bonds is 6. The van der Waals surface area contributed by atoms with Gasteiger partial charge in [0.1, 0.15) is 0 Å². The molecule has 0 fully saturated rings. The number of thiophene rings is 1. The van der Waals surface area contributed by atoms with E-state index in [1.54, 1.807) is 0 Å². The molecule has 0 aliphatic heterocycles. The summed E-state index contributed by atoms with van der Waals surface area (Å²) in [7, 11) is 0. The summed E-state index contributed by atoms with van der Waals surface area (Å²) in [6, 6.07) is 77.7. The monoisotopic (exact) mass is 729 g/mol. The van der Waals surface area contributed by atoms with Gasteiger partial charge in [0.2, 0.25) is 0 Å². The third-order valence-corrected chi connectivity index (χ3v) is 12.4. The van der Waals surface area contributed by atoms with Gasteiger partial charge in [-0.1, -0.05) is 182 Å². The minimum Gasteiger partial charge on any atom is -0.309 e. The highest BCUT2D eigenvalue weighted by atomic mass is 32.1. The standard InChI is InChI=1S/C54H35NS/c1-2-14-36(15-3-1)37-30-32-38(33-31-37)41-20-10-21-42(34-41)55(50-28-12-19-40-17-5-7-23-44(40)50)51-35-49-53-47(45-26-11-18-39-16-4-6-22-43(39)45)27-13-29-52(53)56-54(49)48-25-9-8-24-46(48)51/h1-35H. The second-order valence-corrected chi connectivity index (χ2v) is 15.5. The van der Waals surface area contributed by atoms with Crippen LogP contribution in [0, 0.1) is 0 Å². The number of nitrogens with zero attached hydrogens (tertiary/aromatic N) is 1. The Kier molecular flexibility index (Phi) is 7.75. The van der Waals surface area contributed by atoms with Crippen molar-refractivity contribution in [1.29, 1.82) is 0 Å². The zero-order valence-corrected chi connectivity index (χ0v) is 31.4. The smallest absolute Gasteiger partial charge is 0.0547 e. The van der Waals surface area contributed by atoms with Crippen LogP contribution < -0.4 is 4.90 Å². The van der Waals surface area contributed by atoms with Crippen molar-refractivity contribution in [3.63, 3.8) is 0 Å². The van der Waals surface area contributed by atoms with Crippen LogP contribution in [0.5, 0.6) is 0 Å². The van der Waals surface area contributed by atoms with Crippen LogP contribution in [0.3, 0.4) is 0 Å². The van der Waals surface area contributed by atoms with Crippen molar-refractivity contribution in [3.05, 3.63) is 212 Å². The normalized spacial score (nSPS) is 11.6. The minimum absolute atomic E-state index is 1.12. The Morgan fingerprint density at radius 1 is 0.321 bits per heavy atom. The first kappa shape index (κ1) is 32.4. The third kappa shape index (κ3) is 5.38. The summed E-state index contributed by atoms with van der Waals surface area (Å²) in [6.45, 7) is 0. The molecule has 1 nitrogen and oxygen atoms in total. The molecule has 56 heavy (non-hydrogen) atoms. The Morgan fingerprint density at radius 3 is 1.68 bits per heavy atom. The van der Waals surface area contributed by atoms with E-state index >= 15 is 0 Å². The third-order valence-electron chi connectivity index (χ3n) is 11.2. The highest BCUT2D eigenvalue weighted by molar-refractivity contribution is 7.26. The van der Waals surface area contributed by atoms with Crippen molar-refractivity contribution >= 4 is 80.9 Å². The molecule has 0 atom stereocenters. The van der Waals surface area contributed by atoms with Crippen molar-refractivity contribution in [1.82, 2.24) is 0 Å². The zero-order valence-electron chi connectivity index (χ0n) is 30.6. The molecule has 0 aliphatic rings. The first-order chi connectivity index (χ1) is 27.8. The van der Waals surface area contributed by atoms with E-state index in [4.69, 9.17) is 0 Å². The Balaban J connectivity index is 1.18. The minimum atomic E-state index is 1.12. The van der Waals surface area contributed by atoms with Crippen molar-refractivity contribution in [2.45, 2.75) is 0 Å². The first-order valence-corrected chi connectivity index (χ1v) is 20.0. The fourth-order valence-corrected chi connectivity index (χ4v) is 9.87. The highest BCUT2D eigenvalue weighted by Crippen LogP contribution is 2.50. The summed E-state index contributed by atoms with van der Waals surface area (Å²) in [6.07, 6.45) is 0. The molecular weight excluding hydrogens is 695 g/mol. The largest absolute Gasteiger partial charge is 0.309 e. The summed E-state index contributed by atoms with van der Waals surface area (Å²) in [5.74, 6) is 0. The van der Waals surface area contributed by atoms with E-state index < -0.39 is 0 Å². The molecule has 1 heterocycles. The van der Waals surface area contributed by atoms with E-state index in [1.165, 1.54) is 85.9 Å². The van der Waals surface area contributed by atoms with Crippen molar-refractivity contribution in [3.8, 4) is 33.4 Å². The van der Waals surface area contributed by atoms with Gasteiger partial charge in [-0.05, 0) is 79.9 Å². The van der Waals surface area contributed by atoms with Crippen LogP contribution >= 0.6 is 11.3 Å². The maximum atomic E-state index is 2.50. The number of hydrogen-bond acceptors (Lipinski definition) is 2. The van der Waals surface area contributed by atoms with Gasteiger partial charge in [-0.3, -0.25) is 0 Å². The van der Waals surface area contributed by atoms with Crippen LogP contribution in [0.25, 0.3) is 85.9 Å². The average Bonchev–Trinajstić information content (AvgIpc) is 3.66. The lowest BCUT2D eigenvalue weighted by Gasteiger charge is -2.29. The number of fused-ring (bicyclic) bond motifs is 7. The predicted molar refractivity (Wildman–Crippen MR) is 243 cm³/mol. The van der Waals surface area contributed by atoms with Gasteiger partial charge in [0.25, 0.3) is 0 Å². The fraction of sp³-hybridized carbons (Fsp3) is 0. The van der Waals surface area contributed by atoms with E-state index in [9.17, 15) is 0 Å². The first-order valence-electron chi connectivity index (χ1n) is 19.2. The molecule has 0 radical (unpaired) electrons. The lowest BCUT2D eigenvalue weighted by molar-refractivity contribution is 1.32. The van der Waals surface area contributed by atoms with Gasteiger partial charge in [0.05, 0.1) is 11.4 Å². The Labute approximate surface area is 330 Å². The van der Waals surface area contributed by atoms with Gasteiger partial charge >= 0.3 is 0 Å². The molecule has 0 amide bonds. The number of hydrogen-bond donors (Lipinski definition) is 0. The second-order valence-electron chi connectivity index (χ2n) is 14.5. The van der Waals surface area contributed by atoms with E-state index in [2.05, 4.69) is 217 Å². The SMILES string of the molecule is c1ccc(-c2ccc(-c3cccc(N(c4cccc5ccccc45)c4cc5c(sc6cccc(-c7cccc8ccccc78)c65)c5ccccc45)c3)cc2)cc1. The van der Waals surface area contributed by atoms with Gasteiger partial charge in [-0.2, -0.15) is 0 Å². The maximum Gasteiger partial charge on any atom is 0.0547 e. The highest BCUT2D eigenvalue weighted by Gasteiger charge is 2.22. The molecule has 1 aromatic heterocycles. The quantitative estimate of drug-likeness (QED) is 0.165. The molecule has 262 valence electrons. The molecule has 2 heteroatoms. The van der Waals surface area contributed by atoms with Gasteiger partial charge in [0, 0.05) is 42.0 Å². The molecule has 10 aromatic carbocycles. The summed E-state index contributed by atoms with van der Waals surface area (Å²) in [4.78, 5) is 2.50. The van der Waals surface area contributed by atoms with Crippen LogP contribution in [0.2, 0.25) is 0 Å². The predicted octanol–water partition coefficient (Wildman–Crippen LogP) is 16.0.